The van der Waals surface area contributed by atoms with Crippen molar-refractivity contribution < 1.29 is 9.47 Å². The smallest absolute Gasteiger partial charge is 0.0642 e. The topological polar surface area (TPSA) is 37.0 Å². The van der Waals surface area contributed by atoms with Gasteiger partial charge in [0.25, 0.3) is 0 Å². The number of para-hydroxylation sites is 1. The normalized spacial score (nSPS) is 22.7. The lowest BCUT2D eigenvalue weighted by molar-refractivity contribution is 0.122. The Morgan fingerprint density at radius 3 is 2.87 bits per heavy atom. The third-order valence-corrected chi connectivity index (χ3v) is 4.81. The lowest BCUT2D eigenvalue weighted by Crippen LogP contribution is -2.38. The number of benzene rings is 1. The number of rotatable bonds is 7. The van der Waals surface area contributed by atoms with Gasteiger partial charge in [0.2, 0.25) is 0 Å². The standard InChI is InChI=1S/C18H29N3O2/c1-22-11-8-20-7-6-17(15-20)19-14-16-4-2-3-5-18(16)21-9-12-23-13-10-21/h2-5,17,19H,6-15H2,1H3/t17-/m0/s1. The zero-order valence-electron chi connectivity index (χ0n) is 14.2. The first-order valence-electron chi connectivity index (χ1n) is 8.72. The molecule has 1 N–H and O–H groups in total. The summed E-state index contributed by atoms with van der Waals surface area (Å²) in [6, 6.07) is 9.35. The highest BCUT2D eigenvalue weighted by atomic mass is 16.5. The second kappa shape index (κ2) is 8.64. The number of anilines is 1. The summed E-state index contributed by atoms with van der Waals surface area (Å²) in [6.07, 6.45) is 1.23. The van der Waals surface area contributed by atoms with Gasteiger partial charge in [-0.15, -0.1) is 0 Å². The summed E-state index contributed by atoms with van der Waals surface area (Å²) < 4.78 is 10.6. The highest BCUT2D eigenvalue weighted by molar-refractivity contribution is 5.53. The van der Waals surface area contributed by atoms with Gasteiger partial charge >= 0.3 is 0 Å². The Labute approximate surface area is 139 Å². The lowest BCUT2D eigenvalue weighted by Gasteiger charge is -2.31. The van der Waals surface area contributed by atoms with Gasteiger partial charge in [-0.05, 0) is 24.6 Å². The second-order valence-corrected chi connectivity index (χ2v) is 6.39. The molecule has 2 heterocycles. The maximum atomic E-state index is 5.47. The number of morpholine rings is 1. The SMILES string of the molecule is COCCN1CC[C@H](NCc2ccccc2N2CCOCC2)C1. The molecule has 0 saturated carbocycles. The van der Waals surface area contributed by atoms with E-state index in [-0.39, 0.29) is 0 Å². The first-order valence-corrected chi connectivity index (χ1v) is 8.72. The molecular weight excluding hydrogens is 290 g/mol. The molecule has 1 aromatic carbocycles. The van der Waals surface area contributed by atoms with Crippen LogP contribution in [0.3, 0.4) is 0 Å². The molecule has 1 atom stereocenters. The number of nitrogens with one attached hydrogen (secondary N) is 1. The highest BCUT2D eigenvalue weighted by Crippen LogP contribution is 2.22. The predicted octanol–water partition coefficient (Wildman–Crippen LogP) is 1.33. The van der Waals surface area contributed by atoms with E-state index in [0.717, 1.165) is 52.5 Å². The first kappa shape index (κ1) is 16.7. The van der Waals surface area contributed by atoms with Crippen molar-refractivity contribution in [3.8, 4) is 0 Å². The van der Waals surface area contributed by atoms with E-state index < -0.39 is 0 Å². The van der Waals surface area contributed by atoms with Gasteiger partial charge in [0.1, 0.15) is 0 Å². The number of hydrogen-bond acceptors (Lipinski definition) is 5. The van der Waals surface area contributed by atoms with Gasteiger partial charge < -0.3 is 19.7 Å². The minimum Gasteiger partial charge on any atom is -0.383 e. The Balaban J connectivity index is 1.52. The van der Waals surface area contributed by atoms with Gasteiger partial charge in [-0.3, -0.25) is 4.90 Å². The van der Waals surface area contributed by atoms with Crippen molar-refractivity contribution in [2.45, 2.75) is 19.0 Å². The van der Waals surface area contributed by atoms with Crippen LogP contribution in [-0.2, 0) is 16.0 Å². The summed E-state index contributed by atoms with van der Waals surface area (Å²) in [4.78, 5) is 4.93. The third kappa shape index (κ3) is 4.67. The second-order valence-electron chi connectivity index (χ2n) is 6.39. The largest absolute Gasteiger partial charge is 0.383 e. The fourth-order valence-electron chi connectivity index (χ4n) is 3.45. The average molecular weight is 319 g/mol. The molecule has 5 heteroatoms. The van der Waals surface area contributed by atoms with E-state index in [4.69, 9.17) is 9.47 Å². The van der Waals surface area contributed by atoms with Crippen LogP contribution in [0.5, 0.6) is 0 Å². The summed E-state index contributed by atoms with van der Waals surface area (Å²) in [7, 11) is 1.77. The van der Waals surface area contributed by atoms with E-state index in [2.05, 4.69) is 39.4 Å². The number of likely N-dealkylation sites (tertiary alicyclic amines) is 1. The van der Waals surface area contributed by atoms with Crippen LogP contribution in [0.15, 0.2) is 24.3 Å². The monoisotopic (exact) mass is 319 g/mol. The van der Waals surface area contributed by atoms with Crippen molar-refractivity contribution in [3.05, 3.63) is 29.8 Å². The highest BCUT2D eigenvalue weighted by Gasteiger charge is 2.22. The summed E-state index contributed by atoms with van der Waals surface area (Å²) in [5.74, 6) is 0. The summed E-state index contributed by atoms with van der Waals surface area (Å²) >= 11 is 0. The Morgan fingerprint density at radius 1 is 1.22 bits per heavy atom. The average Bonchev–Trinajstić information content (AvgIpc) is 3.07. The lowest BCUT2D eigenvalue weighted by atomic mass is 10.1. The van der Waals surface area contributed by atoms with E-state index in [1.54, 1.807) is 7.11 Å². The molecule has 2 aliphatic heterocycles. The van der Waals surface area contributed by atoms with Crippen LogP contribution in [0.1, 0.15) is 12.0 Å². The quantitative estimate of drug-likeness (QED) is 0.821. The molecule has 3 rings (SSSR count). The maximum absolute atomic E-state index is 5.47. The zero-order chi connectivity index (χ0) is 15.9. The van der Waals surface area contributed by atoms with Crippen LogP contribution < -0.4 is 10.2 Å². The number of hydrogen-bond donors (Lipinski definition) is 1. The molecule has 0 spiro atoms. The molecule has 5 nitrogen and oxygen atoms in total. The van der Waals surface area contributed by atoms with Crippen LogP contribution in [0.4, 0.5) is 5.69 Å². The van der Waals surface area contributed by atoms with E-state index in [9.17, 15) is 0 Å². The van der Waals surface area contributed by atoms with Crippen LogP contribution in [0, 0.1) is 0 Å². The van der Waals surface area contributed by atoms with Crippen molar-refractivity contribution in [1.82, 2.24) is 10.2 Å². The van der Waals surface area contributed by atoms with Crippen molar-refractivity contribution in [1.29, 1.82) is 0 Å². The molecule has 2 aliphatic rings. The minimum atomic E-state index is 0.588. The third-order valence-electron chi connectivity index (χ3n) is 4.81. The number of nitrogens with zero attached hydrogens (tertiary/aromatic N) is 2. The van der Waals surface area contributed by atoms with E-state index in [0.29, 0.717) is 6.04 Å². The van der Waals surface area contributed by atoms with Crippen LogP contribution in [0.25, 0.3) is 0 Å². The van der Waals surface area contributed by atoms with Gasteiger partial charge in [-0.1, -0.05) is 18.2 Å². The van der Waals surface area contributed by atoms with E-state index >= 15 is 0 Å². The Kier molecular flexibility index (Phi) is 6.28. The minimum absolute atomic E-state index is 0.588. The first-order chi connectivity index (χ1) is 11.4. The molecule has 128 valence electrons. The summed E-state index contributed by atoms with van der Waals surface area (Å²) in [5, 5.41) is 3.74. The molecule has 0 aromatic heterocycles. The predicted molar refractivity (Wildman–Crippen MR) is 93.0 cm³/mol. The number of methoxy groups -OCH3 is 1. The van der Waals surface area contributed by atoms with Crippen LogP contribution in [-0.4, -0.2) is 70.6 Å². The fraction of sp³-hybridized carbons (Fsp3) is 0.667. The maximum Gasteiger partial charge on any atom is 0.0642 e. The molecule has 0 amide bonds. The Morgan fingerprint density at radius 2 is 2.04 bits per heavy atom. The Hall–Kier alpha value is -1.14. The molecule has 0 aliphatic carbocycles. The molecule has 2 fully saturated rings. The van der Waals surface area contributed by atoms with Crippen LogP contribution in [0.2, 0.25) is 0 Å². The van der Waals surface area contributed by atoms with Crippen molar-refractivity contribution >= 4 is 5.69 Å². The zero-order valence-corrected chi connectivity index (χ0v) is 14.2. The van der Waals surface area contributed by atoms with Gasteiger partial charge in [0, 0.05) is 51.6 Å². The van der Waals surface area contributed by atoms with Crippen molar-refractivity contribution in [2.24, 2.45) is 0 Å². The molecule has 23 heavy (non-hydrogen) atoms. The number of ether oxygens (including phenoxy) is 2. The van der Waals surface area contributed by atoms with E-state index in [1.165, 1.54) is 24.2 Å². The van der Waals surface area contributed by atoms with Crippen molar-refractivity contribution in [3.63, 3.8) is 0 Å². The molecule has 0 bridgehead atoms. The van der Waals surface area contributed by atoms with Gasteiger partial charge in [0.15, 0.2) is 0 Å². The molecule has 0 radical (unpaired) electrons. The molecule has 0 unspecified atom stereocenters. The van der Waals surface area contributed by atoms with Gasteiger partial charge in [-0.25, -0.2) is 0 Å². The fourth-order valence-corrected chi connectivity index (χ4v) is 3.45. The summed E-state index contributed by atoms with van der Waals surface area (Å²) in [6.45, 7) is 8.76. The van der Waals surface area contributed by atoms with Crippen molar-refractivity contribution in [2.75, 3.05) is 64.6 Å². The molecular formula is C18H29N3O2. The Bertz CT molecular complexity index is 477. The van der Waals surface area contributed by atoms with E-state index in [1.807, 2.05) is 0 Å². The van der Waals surface area contributed by atoms with Gasteiger partial charge in [-0.2, -0.15) is 0 Å². The van der Waals surface area contributed by atoms with Gasteiger partial charge in [0.05, 0.1) is 19.8 Å². The summed E-state index contributed by atoms with van der Waals surface area (Å²) in [5.41, 5.74) is 2.75. The molecule has 1 aromatic rings. The van der Waals surface area contributed by atoms with Crippen LogP contribution >= 0.6 is 0 Å². The molecule has 2 saturated heterocycles.